The Kier molecular flexibility index (Phi) is 5.94. The highest BCUT2D eigenvalue weighted by molar-refractivity contribution is 5.96. The van der Waals surface area contributed by atoms with Crippen LogP contribution in [0, 0.1) is 0 Å². The quantitative estimate of drug-likeness (QED) is 0.803. The van der Waals surface area contributed by atoms with Gasteiger partial charge in [0.1, 0.15) is 5.76 Å². The van der Waals surface area contributed by atoms with Gasteiger partial charge in [-0.1, -0.05) is 12.1 Å². The lowest BCUT2D eigenvalue weighted by atomic mass is 10.0. The van der Waals surface area contributed by atoms with E-state index in [1.807, 2.05) is 25.1 Å². The summed E-state index contributed by atoms with van der Waals surface area (Å²) in [6, 6.07) is 11.0. The van der Waals surface area contributed by atoms with Crippen molar-refractivity contribution in [1.82, 2.24) is 4.90 Å². The van der Waals surface area contributed by atoms with Gasteiger partial charge < -0.3 is 19.4 Å². The standard InChI is InChI=1S/C20H24N2O4/c1-15-7-4-5-11-22(15)19(23)14-26-20(24)17-9-2-3-10-18(17)21-13-16-8-6-12-25-16/h2-3,6,8-10,12,15,21H,4-5,7,11,13-14H2,1H3. The van der Waals surface area contributed by atoms with E-state index in [-0.39, 0.29) is 18.6 Å². The number of anilines is 1. The average Bonchev–Trinajstić information content (AvgIpc) is 3.18. The molecular weight excluding hydrogens is 332 g/mol. The number of piperidine rings is 1. The fraction of sp³-hybridized carbons (Fsp3) is 0.400. The number of benzene rings is 1. The van der Waals surface area contributed by atoms with E-state index < -0.39 is 5.97 Å². The summed E-state index contributed by atoms with van der Waals surface area (Å²) in [7, 11) is 0. The van der Waals surface area contributed by atoms with Crippen LogP contribution in [0.2, 0.25) is 0 Å². The van der Waals surface area contributed by atoms with E-state index in [1.165, 1.54) is 0 Å². The van der Waals surface area contributed by atoms with Crippen LogP contribution in [0.5, 0.6) is 0 Å². The number of nitrogens with one attached hydrogen (secondary N) is 1. The van der Waals surface area contributed by atoms with Crippen LogP contribution in [0.4, 0.5) is 5.69 Å². The molecular formula is C20H24N2O4. The summed E-state index contributed by atoms with van der Waals surface area (Å²) < 4.78 is 10.6. The van der Waals surface area contributed by atoms with E-state index in [0.717, 1.165) is 31.6 Å². The van der Waals surface area contributed by atoms with E-state index in [1.54, 1.807) is 29.4 Å². The molecule has 0 radical (unpaired) electrons. The Morgan fingerprint density at radius 3 is 2.85 bits per heavy atom. The van der Waals surface area contributed by atoms with Gasteiger partial charge in [0.25, 0.3) is 5.91 Å². The number of carbonyl (C=O) groups excluding carboxylic acids is 2. The molecule has 6 nitrogen and oxygen atoms in total. The zero-order valence-corrected chi connectivity index (χ0v) is 14.9. The maximum Gasteiger partial charge on any atom is 0.340 e. The Bertz CT molecular complexity index is 742. The van der Waals surface area contributed by atoms with Crippen LogP contribution in [0.15, 0.2) is 47.1 Å². The predicted molar refractivity (Wildman–Crippen MR) is 97.8 cm³/mol. The highest BCUT2D eigenvalue weighted by Gasteiger charge is 2.24. The smallest absolute Gasteiger partial charge is 0.340 e. The lowest BCUT2D eigenvalue weighted by Gasteiger charge is -2.33. The van der Waals surface area contributed by atoms with Crippen LogP contribution in [-0.2, 0) is 16.1 Å². The van der Waals surface area contributed by atoms with Crippen molar-refractivity contribution >= 4 is 17.6 Å². The minimum absolute atomic E-state index is 0.133. The summed E-state index contributed by atoms with van der Waals surface area (Å²) >= 11 is 0. The second-order valence-electron chi connectivity index (χ2n) is 6.49. The molecule has 3 rings (SSSR count). The highest BCUT2D eigenvalue weighted by atomic mass is 16.5. The number of nitrogens with zero attached hydrogens (tertiary/aromatic N) is 1. The van der Waals surface area contributed by atoms with Crippen molar-refractivity contribution in [2.75, 3.05) is 18.5 Å². The number of furan rings is 1. The zero-order chi connectivity index (χ0) is 18.4. The zero-order valence-electron chi connectivity index (χ0n) is 14.9. The number of amides is 1. The van der Waals surface area contributed by atoms with E-state index in [0.29, 0.717) is 17.8 Å². The van der Waals surface area contributed by atoms with Crippen LogP contribution in [0.3, 0.4) is 0 Å². The molecule has 1 amide bonds. The number of hydrogen-bond acceptors (Lipinski definition) is 5. The van der Waals surface area contributed by atoms with E-state index in [9.17, 15) is 9.59 Å². The molecule has 1 N–H and O–H groups in total. The maximum atomic E-state index is 12.4. The first kappa shape index (κ1) is 18.0. The van der Waals surface area contributed by atoms with E-state index >= 15 is 0 Å². The molecule has 1 aromatic heterocycles. The topological polar surface area (TPSA) is 71.8 Å². The van der Waals surface area contributed by atoms with Gasteiger partial charge in [0.15, 0.2) is 6.61 Å². The summed E-state index contributed by atoms with van der Waals surface area (Å²) in [4.78, 5) is 26.6. The van der Waals surface area contributed by atoms with Gasteiger partial charge >= 0.3 is 5.97 Å². The van der Waals surface area contributed by atoms with Gasteiger partial charge in [0.2, 0.25) is 0 Å². The maximum absolute atomic E-state index is 12.4. The fourth-order valence-corrected chi connectivity index (χ4v) is 3.17. The molecule has 1 aliphatic heterocycles. The third kappa shape index (κ3) is 4.45. The Labute approximate surface area is 153 Å². The number of rotatable bonds is 6. The van der Waals surface area contributed by atoms with Crippen molar-refractivity contribution in [3.63, 3.8) is 0 Å². The average molecular weight is 356 g/mol. The van der Waals surface area contributed by atoms with Gasteiger partial charge in [0.05, 0.1) is 18.4 Å². The van der Waals surface area contributed by atoms with Gasteiger partial charge in [-0.05, 0) is 50.5 Å². The molecule has 6 heteroatoms. The van der Waals surface area contributed by atoms with Crippen molar-refractivity contribution in [3.8, 4) is 0 Å². The Hall–Kier alpha value is -2.76. The van der Waals surface area contributed by atoms with Crippen LogP contribution in [0.1, 0.15) is 42.3 Å². The Morgan fingerprint density at radius 2 is 2.08 bits per heavy atom. The summed E-state index contributed by atoms with van der Waals surface area (Å²) in [6.07, 6.45) is 4.74. The molecule has 0 spiro atoms. The minimum atomic E-state index is -0.509. The minimum Gasteiger partial charge on any atom is -0.467 e. The molecule has 1 fully saturated rings. The summed E-state index contributed by atoms with van der Waals surface area (Å²) in [5.41, 5.74) is 1.05. The molecule has 0 aliphatic carbocycles. The SMILES string of the molecule is CC1CCCCN1C(=O)COC(=O)c1ccccc1NCc1ccco1. The number of esters is 1. The van der Waals surface area contributed by atoms with Crippen LogP contribution < -0.4 is 5.32 Å². The fourth-order valence-electron chi connectivity index (χ4n) is 3.17. The van der Waals surface area contributed by atoms with Gasteiger partial charge in [-0.25, -0.2) is 4.79 Å². The van der Waals surface area contributed by atoms with Crippen LogP contribution in [0.25, 0.3) is 0 Å². The first-order valence-corrected chi connectivity index (χ1v) is 8.97. The van der Waals surface area contributed by atoms with E-state index in [2.05, 4.69) is 5.32 Å². The van der Waals surface area contributed by atoms with Gasteiger partial charge in [-0.3, -0.25) is 4.79 Å². The third-order valence-electron chi connectivity index (χ3n) is 4.63. The number of likely N-dealkylation sites (tertiary alicyclic amines) is 1. The number of carbonyl (C=O) groups is 2. The molecule has 1 aliphatic rings. The normalized spacial score (nSPS) is 17.0. The third-order valence-corrected chi connectivity index (χ3v) is 4.63. The Balaban J connectivity index is 1.58. The molecule has 0 saturated carbocycles. The molecule has 2 aromatic rings. The molecule has 26 heavy (non-hydrogen) atoms. The molecule has 1 atom stereocenters. The van der Waals surface area contributed by atoms with Gasteiger partial charge in [-0.15, -0.1) is 0 Å². The van der Waals surface area contributed by atoms with E-state index in [4.69, 9.17) is 9.15 Å². The van der Waals surface area contributed by atoms with Crippen molar-refractivity contribution in [3.05, 3.63) is 54.0 Å². The second-order valence-corrected chi connectivity index (χ2v) is 6.49. The lowest BCUT2D eigenvalue weighted by molar-refractivity contribution is -0.137. The summed E-state index contributed by atoms with van der Waals surface area (Å²) in [5.74, 6) is 0.125. The first-order chi connectivity index (χ1) is 12.6. The Morgan fingerprint density at radius 1 is 1.23 bits per heavy atom. The number of ether oxygens (including phenoxy) is 1. The first-order valence-electron chi connectivity index (χ1n) is 8.97. The predicted octanol–water partition coefficient (Wildman–Crippen LogP) is 3.45. The monoisotopic (exact) mass is 356 g/mol. The number of hydrogen-bond donors (Lipinski definition) is 1. The largest absolute Gasteiger partial charge is 0.467 e. The summed E-state index contributed by atoms with van der Waals surface area (Å²) in [6.45, 7) is 3.00. The molecule has 138 valence electrons. The molecule has 0 bridgehead atoms. The number of para-hydroxylation sites is 1. The molecule has 1 saturated heterocycles. The lowest BCUT2D eigenvalue weighted by Crippen LogP contribution is -2.44. The summed E-state index contributed by atoms with van der Waals surface area (Å²) in [5, 5.41) is 3.16. The highest BCUT2D eigenvalue weighted by Crippen LogP contribution is 2.19. The molecule has 2 heterocycles. The second kappa shape index (κ2) is 8.56. The molecule has 1 aromatic carbocycles. The molecule has 1 unspecified atom stereocenters. The van der Waals surface area contributed by atoms with Crippen molar-refractivity contribution < 1.29 is 18.7 Å². The van der Waals surface area contributed by atoms with Crippen molar-refractivity contribution in [2.45, 2.75) is 38.8 Å². The van der Waals surface area contributed by atoms with Gasteiger partial charge in [-0.2, -0.15) is 0 Å². The van der Waals surface area contributed by atoms with Gasteiger partial charge in [0, 0.05) is 18.3 Å². The van der Waals surface area contributed by atoms with Crippen LogP contribution >= 0.6 is 0 Å². The van der Waals surface area contributed by atoms with Crippen molar-refractivity contribution in [1.29, 1.82) is 0 Å². The van der Waals surface area contributed by atoms with Crippen LogP contribution in [-0.4, -0.2) is 36.0 Å². The van der Waals surface area contributed by atoms with Crippen molar-refractivity contribution in [2.24, 2.45) is 0 Å².